The highest BCUT2D eigenvalue weighted by Gasteiger charge is 2.00. The monoisotopic (exact) mass is 203 g/mol. The van der Waals surface area contributed by atoms with Crippen molar-refractivity contribution in [2.75, 3.05) is 0 Å². The van der Waals surface area contributed by atoms with Crippen LogP contribution < -0.4 is 5.73 Å². The van der Waals surface area contributed by atoms with E-state index in [1.54, 1.807) is 29.3 Å². The molecule has 0 bridgehead atoms. The lowest BCUT2D eigenvalue weighted by Crippen LogP contribution is -2.09. The van der Waals surface area contributed by atoms with Crippen molar-refractivity contribution >= 4 is 5.91 Å². The maximum absolute atomic E-state index is 10.8. The van der Waals surface area contributed by atoms with Crippen molar-refractivity contribution < 1.29 is 4.79 Å². The van der Waals surface area contributed by atoms with Crippen LogP contribution in [0.5, 0.6) is 0 Å². The second-order valence-electron chi connectivity index (χ2n) is 2.89. The summed E-state index contributed by atoms with van der Waals surface area (Å²) in [6, 6.07) is 5.25. The van der Waals surface area contributed by atoms with Crippen molar-refractivity contribution in [2.45, 2.75) is 0 Å². The summed E-state index contributed by atoms with van der Waals surface area (Å²) in [6.45, 7) is 0. The van der Waals surface area contributed by atoms with Crippen LogP contribution in [0.4, 0.5) is 0 Å². The Morgan fingerprint density at radius 3 is 2.40 bits per heavy atom. The van der Waals surface area contributed by atoms with Gasteiger partial charge in [-0.3, -0.25) is 4.79 Å². The van der Waals surface area contributed by atoms with Gasteiger partial charge in [0, 0.05) is 24.8 Å². The molecule has 0 spiro atoms. The van der Waals surface area contributed by atoms with E-state index in [1.807, 2.05) is 12.1 Å². The molecule has 0 unspecified atom stereocenters. The van der Waals surface area contributed by atoms with Crippen LogP contribution in [0.2, 0.25) is 0 Å². The van der Waals surface area contributed by atoms with E-state index in [9.17, 15) is 4.79 Å². The summed E-state index contributed by atoms with van der Waals surface area (Å²) >= 11 is 0. The van der Waals surface area contributed by atoms with Crippen LogP contribution in [0.15, 0.2) is 53.4 Å². The number of primary amides is 1. The molecule has 2 aromatic rings. The lowest BCUT2D eigenvalue weighted by atomic mass is 10.3. The third kappa shape index (κ3) is 2.11. The molecule has 0 atom stereocenters. The SMILES string of the molecule is NC(=O)c1ccn(/N=N/n2cccc2)c1. The second kappa shape index (κ2) is 3.79. The minimum Gasteiger partial charge on any atom is -0.366 e. The van der Waals surface area contributed by atoms with Gasteiger partial charge in [0.1, 0.15) is 0 Å². The molecule has 0 fully saturated rings. The number of hydrogen-bond donors (Lipinski definition) is 1. The normalized spacial score (nSPS) is 10.9. The molecule has 2 heterocycles. The molecule has 0 aromatic carbocycles. The summed E-state index contributed by atoms with van der Waals surface area (Å²) in [4.78, 5) is 10.8. The Kier molecular flexibility index (Phi) is 2.32. The molecule has 15 heavy (non-hydrogen) atoms. The molecule has 0 aliphatic heterocycles. The number of nitrogens with zero attached hydrogens (tertiary/aromatic N) is 4. The number of carbonyl (C=O) groups excluding carboxylic acids is 1. The molecule has 0 radical (unpaired) electrons. The third-order valence-electron chi connectivity index (χ3n) is 1.80. The molecular weight excluding hydrogens is 194 g/mol. The first-order chi connectivity index (χ1) is 7.25. The number of hydrogen-bond acceptors (Lipinski definition) is 3. The Morgan fingerprint density at radius 1 is 1.13 bits per heavy atom. The van der Waals surface area contributed by atoms with E-state index < -0.39 is 5.91 Å². The minimum atomic E-state index is -0.482. The molecule has 1 amide bonds. The number of amides is 1. The van der Waals surface area contributed by atoms with Gasteiger partial charge in [0.2, 0.25) is 5.91 Å². The van der Waals surface area contributed by atoms with Gasteiger partial charge in [-0.05, 0) is 28.6 Å². The van der Waals surface area contributed by atoms with E-state index in [0.717, 1.165) is 0 Å². The first-order valence-corrected chi connectivity index (χ1v) is 4.29. The van der Waals surface area contributed by atoms with Gasteiger partial charge in [-0.2, -0.15) is 0 Å². The van der Waals surface area contributed by atoms with Crippen LogP contribution in [-0.2, 0) is 0 Å². The second-order valence-corrected chi connectivity index (χ2v) is 2.89. The zero-order valence-corrected chi connectivity index (χ0v) is 7.82. The largest absolute Gasteiger partial charge is 0.366 e. The molecule has 6 nitrogen and oxygen atoms in total. The smallest absolute Gasteiger partial charge is 0.250 e. The van der Waals surface area contributed by atoms with Gasteiger partial charge in [-0.25, -0.2) is 9.35 Å². The Morgan fingerprint density at radius 2 is 1.80 bits per heavy atom. The van der Waals surface area contributed by atoms with Crippen molar-refractivity contribution in [2.24, 2.45) is 16.2 Å². The van der Waals surface area contributed by atoms with Gasteiger partial charge in [-0.15, -0.1) is 0 Å². The highest BCUT2D eigenvalue weighted by Crippen LogP contribution is 2.00. The molecule has 2 N–H and O–H groups in total. The fourth-order valence-electron chi connectivity index (χ4n) is 1.06. The Bertz CT molecular complexity index is 482. The van der Waals surface area contributed by atoms with Crippen molar-refractivity contribution in [1.82, 2.24) is 9.35 Å². The van der Waals surface area contributed by atoms with E-state index in [4.69, 9.17) is 5.73 Å². The average Bonchev–Trinajstić information content (AvgIpc) is 2.86. The molecule has 2 rings (SSSR count). The standard InChI is InChI=1S/C9H9N5O/c10-9(15)8-3-6-14(7-8)12-11-13-4-1-2-5-13/h1-7H,(H2,10,15)/b12-11+. The maximum atomic E-state index is 10.8. The van der Waals surface area contributed by atoms with Crippen LogP contribution in [0.1, 0.15) is 10.4 Å². The third-order valence-corrected chi connectivity index (χ3v) is 1.80. The summed E-state index contributed by atoms with van der Waals surface area (Å²) in [5.41, 5.74) is 5.49. The van der Waals surface area contributed by atoms with Crippen LogP contribution in [-0.4, -0.2) is 15.3 Å². The predicted octanol–water partition coefficient (Wildman–Crippen LogP) is 1.07. The van der Waals surface area contributed by atoms with Gasteiger partial charge >= 0.3 is 0 Å². The number of carbonyl (C=O) groups is 1. The first-order valence-electron chi connectivity index (χ1n) is 4.29. The number of aromatic nitrogens is 2. The molecule has 6 heteroatoms. The highest BCUT2D eigenvalue weighted by molar-refractivity contribution is 5.92. The Balaban J connectivity index is 2.14. The quantitative estimate of drug-likeness (QED) is 0.744. The lowest BCUT2D eigenvalue weighted by molar-refractivity contribution is 0.100. The maximum Gasteiger partial charge on any atom is 0.250 e. The molecule has 0 saturated heterocycles. The predicted molar refractivity (Wildman–Crippen MR) is 53.0 cm³/mol. The van der Waals surface area contributed by atoms with E-state index >= 15 is 0 Å². The average molecular weight is 203 g/mol. The van der Waals surface area contributed by atoms with Crippen molar-refractivity contribution in [3.05, 3.63) is 48.5 Å². The fraction of sp³-hybridized carbons (Fsp3) is 0. The van der Waals surface area contributed by atoms with Gasteiger partial charge in [-0.1, -0.05) is 0 Å². The van der Waals surface area contributed by atoms with Crippen LogP contribution in [0.3, 0.4) is 0 Å². The van der Waals surface area contributed by atoms with Crippen LogP contribution in [0.25, 0.3) is 0 Å². The Hall–Kier alpha value is -2.37. The highest BCUT2D eigenvalue weighted by atomic mass is 16.1. The van der Waals surface area contributed by atoms with E-state index in [1.165, 1.54) is 10.9 Å². The molecule has 0 aliphatic carbocycles. The van der Waals surface area contributed by atoms with Crippen molar-refractivity contribution in [1.29, 1.82) is 0 Å². The lowest BCUT2D eigenvalue weighted by Gasteiger charge is -1.91. The minimum absolute atomic E-state index is 0.404. The van der Waals surface area contributed by atoms with E-state index in [2.05, 4.69) is 10.4 Å². The zero-order chi connectivity index (χ0) is 10.7. The molecule has 76 valence electrons. The zero-order valence-electron chi connectivity index (χ0n) is 7.82. The summed E-state index contributed by atoms with van der Waals surface area (Å²) < 4.78 is 2.96. The topological polar surface area (TPSA) is 77.7 Å². The van der Waals surface area contributed by atoms with Crippen molar-refractivity contribution in [3.8, 4) is 0 Å². The van der Waals surface area contributed by atoms with Crippen molar-refractivity contribution in [3.63, 3.8) is 0 Å². The van der Waals surface area contributed by atoms with E-state index in [0.29, 0.717) is 5.56 Å². The summed E-state index contributed by atoms with van der Waals surface area (Å²) in [5, 5.41) is 7.71. The van der Waals surface area contributed by atoms with Gasteiger partial charge in [0.05, 0.1) is 5.56 Å². The summed E-state index contributed by atoms with van der Waals surface area (Å²) in [7, 11) is 0. The number of nitrogens with two attached hydrogens (primary N) is 1. The first kappa shape index (κ1) is 9.20. The van der Waals surface area contributed by atoms with Gasteiger partial charge < -0.3 is 5.73 Å². The molecular formula is C9H9N5O. The van der Waals surface area contributed by atoms with Crippen LogP contribution >= 0.6 is 0 Å². The summed E-state index contributed by atoms with van der Waals surface area (Å²) in [6.07, 6.45) is 6.62. The van der Waals surface area contributed by atoms with E-state index in [-0.39, 0.29) is 0 Å². The van der Waals surface area contributed by atoms with Gasteiger partial charge in [0.15, 0.2) is 0 Å². The molecule has 0 saturated carbocycles. The summed E-state index contributed by atoms with van der Waals surface area (Å²) in [5.74, 6) is -0.482. The number of rotatable bonds is 3. The Labute approximate surface area is 85.6 Å². The van der Waals surface area contributed by atoms with Gasteiger partial charge in [0.25, 0.3) is 0 Å². The van der Waals surface area contributed by atoms with Crippen LogP contribution in [0, 0.1) is 0 Å². The molecule has 2 aromatic heterocycles. The fourth-order valence-corrected chi connectivity index (χ4v) is 1.06. The molecule has 0 aliphatic rings.